The van der Waals surface area contributed by atoms with Gasteiger partial charge in [-0.1, -0.05) is 154 Å². The van der Waals surface area contributed by atoms with E-state index in [1.807, 2.05) is 12.1 Å². The van der Waals surface area contributed by atoms with Crippen molar-refractivity contribution in [1.82, 2.24) is 15.0 Å². The van der Waals surface area contributed by atoms with Gasteiger partial charge in [-0.25, -0.2) is 4.98 Å². The number of unbranched alkanes of at least 4 members (excludes halogenated alkanes) is 1. The van der Waals surface area contributed by atoms with Crippen LogP contribution in [0.15, 0.2) is 140 Å². The van der Waals surface area contributed by atoms with Gasteiger partial charge in [-0.3, -0.25) is 0 Å². The molecular formula is C46H41N3O2. The molecule has 5 nitrogen and oxygen atoms in total. The summed E-state index contributed by atoms with van der Waals surface area (Å²) in [7, 11) is 0. The van der Waals surface area contributed by atoms with E-state index in [0.29, 0.717) is 29.7 Å². The number of aromatic hydroxyl groups is 1. The molecule has 0 saturated heterocycles. The van der Waals surface area contributed by atoms with Crippen LogP contribution < -0.4 is 4.74 Å². The molecule has 1 unspecified atom stereocenters. The van der Waals surface area contributed by atoms with E-state index in [9.17, 15) is 5.11 Å². The van der Waals surface area contributed by atoms with Crippen molar-refractivity contribution in [2.75, 3.05) is 6.61 Å². The number of para-hydroxylation sites is 1. The summed E-state index contributed by atoms with van der Waals surface area (Å²) in [5.74, 6) is 1.39. The third-order valence-electron chi connectivity index (χ3n) is 10.5. The Morgan fingerprint density at radius 1 is 0.608 bits per heavy atom. The maximum absolute atomic E-state index is 10.9. The van der Waals surface area contributed by atoms with Crippen LogP contribution in [0, 0.1) is 5.92 Å². The maximum atomic E-state index is 10.9. The summed E-state index contributed by atoms with van der Waals surface area (Å²) in [4.78, 5) is 14.9. The van der Waals surface area contributed by atoms with Gasteiger partial charge in [0.15, 0.2) is 11.6 Å². The fourth-order valence-electron chi connectivity index (χ4n) is 7.90. The summed E-state index contributed by atoms with van der Waals surface area (Å²) in [6.07, 6.45) is 4.41. The number of nitrogens with zero attached hydrogens (tertiary/aromatic N) is 3. The van der Waals surface area contributed by atoms with Crippen LogP contribution in [-0.4, -0.2) is 26.7 Å². The standard InChI is InChI=1S/C46H41N3O2/c1-3-5-18-31(4-2)30-51-45-48-43(37-26-15-17-28-41(37)50)47-44(49-45)38-29-40-42(35-24-13-12-23-34(35)38)36-25-14-16-27-39(36)46(40,32-19-8-6-9-20-32)33-21-10-7-11-22-33/h6-17,19-29,31,50H,3-5,18,30H2,1-2H3. The van der Waals surface area contributed by atoms with E-state index < -0.39 is 5.41 Å². The van der Waals surface area contributed by atoms with Gasteiger partial charge >= 0.3 is 6.01 Å². The molecule has 51 heavy (non-hydrogen) atoms. The van der Waals surface area contributed by atoms with Gasteiger partial charge in [0.05, 0.1) is 17.6 Å². The summed E-state index contributed by atoms with van der Waals surface area (Å²) in [5, 5.41) is 13.1. The zero-order valence-corrected chi connectivity index (χ0v) is 29.1. The monoisotopic (exact) mass is 667 g/mol. The first-order chi connectivity index (χ1) is 25.1. The lowest BCUT2D eigenvalue weighted by atomic mass is 9.67. The minimum Gasteiger partial charge on any atom is -0.507 e. The fraction of sp³-hybridized carbons (Fsp3) is 0.196. The fourth-order valence-corrected chi connectivity index (χ4v) is 7.90. The van der Waals surface area contributed by atoms with Gasteiger partial charge in [-0.2, -0.15) is 9.97 Å². The van der Waals surface area contributed by atoms with Crippen molar-refractivity contribution in [1.29, 1.82) is 0 Å². The van der Waals surface area contributed by atoms with Gasteiger partial charge in [0.2, 0.25) is 0 Å². The topological polar surface area (TPSA) is 68.1 Å². The number of phenols is 1. The summed E-state index contributed by atoms with van der Waals surface area (Å²) in [6, 6.07) is 48.7. The molecule has 0 radical (unpaired) electrons. The number of rotatable bonds is 11. The second-order valence-corrected chi connectivity index (χ2v) is 13.4. The van der Waals surface area contributed by atoms with Gasteiger partial charge in [0.25, 0.3) is 0 Å². The lowest BCUT2D eigenvalue weighted by molar-refractivity contribution is 0.217. The normalized spacial score (nSPS) is 13.5. The smallest absolute Gasteiger partial charge is 0.320 e. The van der Waals surface area contributed by atoms with E-state index in [2.05, 4.69) is 129 Å². The van der Waals surface area contributed by atoms with Crippen LogP contribution in [0.25, 0.3) is 44.7 Å². The minimum atomic E-state index is -0.590. The van der Waals surface area contributed by atoms with Gasteiger partial charge in [-0.05, 0) is 74.7 Å². The first-order valence-electron chi connectivity index (χ1n) is 18.1. The van der Waals surface area contributed by atoms with Crippen LogP contribution in [0.3, 0.4) is 0 Å². The van der Waals surface area contributed by atoms with E-state index in [0.717, 1.165) is 42.0 Å². The molecule has 0 bridgehead atoms. The van der Waals surface area contributed by atoms with Crippen molar-refractivity contribution in [2.24, 2.45) is 5.92 Å². The molecule has 0 spiro atoms. The third-order valence-corrected chi connectivity index (χ3v) is 10.5. The summed E-state index contributed by atoms with van der Waals surface area (Å²) in [5.41, 5.74) is 8.06. The Morgan fingerprint density at radius 2 is 1.20 bits per heavy atom. The molecule has 1 aliphatic carbocycles. The molecule has 5 heteroatoms. The average Bonchev–Trinajstić information content (AvgIpc) is 3.49. The Morgan fingerprint density at radius 3 is 1.86 bits per heavy atom. The number of fused-ring (bicyclic) bond motifs is 5. The highest BCUT2D eigenvalue weighted by Crippen LogP contribution is 2.58. The predicted molar refractivity (Wildman–Crippen MR) is 206 cm³/mol. The zero-order chi connectivity index (χ0) is 34.8. The zero-order valence-electron chi connectivity index (χ0n) is 29.1. The SMILES string of the molecule is CCCCC(CC)COc1nc(-c2ccccc2O)nc(-c2cc3c(c4ccccc24)-c2ccccc2C3(c2ccccc2)c2ccccc2)n1. The highest BCUT2D eigenvalue weighted by Gasteiger charge is 2.47. The van der Waals surface area contributed by atoms with Crippen LogP contribution in [0.4, 0.5) is 0 Å². The van der Waals surface area contributed by atoms with Crippen LogP contribution in [-0.2, 0) is 5.41 Å². The lowest BCUT2D eigenvalue weighted by Gasteiger charge is -2.34. The van der Waals surface area contributed by atoms with Crippen LogP contribution in [0.1, 0.15) is 61.8 Å². The van der Waals surface area contributed by atoms with Gasteiger partial charge < -0.3 is 9.84 Å². The molecule has 252 valence electrons. The Balaban J connectivity index is 1.41. The highest BCUT2D eigenvalue weighted by molar-refractivity contribution is 6.09. The Hall–Kier alpha value is -5.81. The molecule has 1 heterocycles. The molecule has 0 saturated carbocycles. The van der Waals surface area contributed by atoms with E-state index >= 15 is 0 Å². The molecule has 1 N–H and O–H groups in total. The molecule has 1 aromatic heterocycles. The number of ether oxygens (including phenoxy) is 1. The van der Waals surface area contributed by atoms with Crippen molar-refractivity contribution in [3.63, 3.8) is 0 Å². The average molecular weight is 668 g/mol. The molecule has 1 aliphatic rings. The molecule has 0 amide bonds. The largest absolute Gasteiger partial charge is 0.507 e. The Kier molecular flexibility index (Phi) is 8.79. The van der Waals surface area contributed by atoms with Crippen LogP contribution in [0.5, 0.6) is 11.8 Å². The number of hydrogen-bond donors (Lipinski definition) is 1. The summed E-state index contributed by atoms with van der Waals surface area (Å²) in [6.45, 7) is 4.94. The van der Waals surface area contributed by atoms with Crippen molar-refractivity contribution >= 4 is 10.8 Å². The number of hydrogen-bond acceptors (Lipinski definition) is 5. The molecule has 7 aromatic rings. The van der Waals surface area contributed by atoms with Crippen molar-refractivity contribution < 1.29 is 9.84 Å². The van der Waals surface area contributed by atoms with Gasteiger partial charge in [0, 0.05) is 5.56 Å². The van der Waals surface area contributed by atoms with Gasteiger partial charge in [0.1, 0.15) is 5.75 Å². The summed E-state index contributed by atoms with van der Waals surface area (Å²) < 4.78 is 6.41. The maximum Gasteiger partial charge on any atom is 0.320 e. The quantitative estimate of drug-likeness (QED) is 0.149. The van der Waals surface area contributed by atoms with Crippen molar-refractivity contribution in [3.8, 4) is 45.7 Å². The van der Waals surface area contributed by atoms with Crippen molar-refractivity contribution in [3.05, 3.63) is 162 Å². The lowest BCUT2D eigenvalue weighted by Crippen LogP contribution is -2.28. The van der Waals surface area contributed by atoms with E-state index in [1.54, 1.807) is 12.1 Å². The molecule has 0 aliphatic heterocycles. The van der Waals surface area contributed by atoms with Crippen molar-refractivity contribution in [2.45, 2.75) is 44.9 Å². The highest BCUT2D eigenvalue weighted by atomic mass is 16.5. The Bertz CT molecular complexity index is 2280. The van der Waals surface area contributed by atoms with Crippen LogP contribution >= 0.6 is 0 Å². The van der Waals surface area contributed by atoms with E-state index in [4.69, 9.17) is 19.7 Å². The first kappa shape index (κ1) is 32.4. The Labute approximate surface area is 299 Å². The molecule has 0 fully saturated rings. The number of phenolic OH excluding ortho intramolecular Hbond substituents is 1. The predicted octanol–water partition coefficient (Wildman–Crippen LogP) is 11.0. The second-order valence-electron chi connectivity index (χ2n) is 13.4. The number of aromatic nitrogens is 3. The second kappa shape index (κ2) is 13.8. The number of benzene rings is 6. The molecule has 1 atom stereocenters. The van der Waals surface area contributed by atoms with Crippen LogP contribution in [0.2, 0.25) is 0 Å². The van der Waals surface area contributed by atoms with Gasteiger partial charge in [-0.15, -0.1) is 0 Å². The minimum absolute atomic E-state index is 0.108. The molecule has 6 aromatic carbocycles. The van der Waals surface area contributed by atoms with E-state index in [1.165, 1.54) is 33.4 Å². The molecular weight excluding hydrogens is 627 g/mol. The summed E-state index contributed by atoms with van der Waals surface area (Å²) >= 11 is 0. The molecule has 8 rings (SSSR count). The van der Waals surface area contributed by atoms with E-state index in [-0.39, 0.29) is 11.8 Å². The first-order valence-corrected chi connectivity index (χ1v) is 18.1. The third kappa shape index (κ3) is 5.63.